The van der Waals surface area contributed by atoms with Gasteiger partial charge in [0.1, 0.15) is 11.5 Å². The van der Waals surface area contributed by atoms with Crippen LogP contribution in [0.15, 0.2) is 27.9 Å². The van der Waals surface area contributed by atoms with Crippen LogP contribution in [-0.2, 0) is 22.4 Å². The molecule has 0 bridgehead atoms. The van der Waals surface area contributed by atoms with Crippen molar-refractivity contribution in [1.82, 2.24) is 20.2 Å². The summed E-state index contributed by atoms with van der Waals surface area (Å²) >= 11 is 0. The summed E-state index contributed by atoms with van der Waals surface area (Å²) in [6, 6.07) is 3.54. The number of aryl methyl sites for hydroxylation is 2. The lowest BCUT2D eigenvalue weighted by Crippen LogP contribution is -2.35. The average Bonchev–Trinajstić information content (AvgIpc) is 3.04. The van der Waals surface area contributed by atoms with E-state index in [2.05, 4.69) is 20.6 Å². The monoisotopic (exact) mass is 347 g/mol. The first-order valence-electron chi connectivity index (χ1n) is 7.39. The van der Waals surface area contributed by atoms with E-state index in [0.29, 0.717) is 18.6 Å². The van der Waals surface area contributed by atoms with Crippen LogP contribution in [0.4, 0.5) is 0 Å². The van der Waals surface area contributed by atoms with Crippen LogP contribution in [-0.4, -0.2) is 32.5 Å². The minimum atomic E-state index is -0.598. The third-order valence-electron chi connectivity index (χ3n) is 2.90. The summed E-state index contributed by atoms with van der Waals surface area (Å²) in [5.41, 5.74) is 2.24. The number of rotatable bonds is 5. The van der Waals surface area contributed by atoms with Crippen molar-refractivity contribution in [2.75, 3.05) is 0 Å². The van der Waals surface area contributed by atoms with Gasteiger partial charge in [-0.3, -0.25) is 14.4 Å². The number of aromatic nitrogens is 3. The third-order valence-corrected chi connectivity index (χ3v) is 2.90. The van der Waals surface area contributed by atoms with Gasteiger partial charge in [0.05, 0.1) is 6.26 Å². The summed E-state index contributed by atoms with van der Waals surface area (Å²) in [7, 11) is 0. The maximum atomic E-state index is 11.8. The highest BCUT2D eigenvalue weighted by molar-refractivity contribution is 5.75. The van der Waals surface area contributed by atoms with Crippen molar-refractivity contribution < 1.29 is 23.5 Å². The second kappa shape index (κ2) is 7.99. The van der Waals surface area contributed by atoms with Crippen molar-refractivity contribution in [3.8, 4) is 5.88 Å². The molecule has 2 heterocycles. The molecule has 2 aromatic heterocycles. The summed E-state index contributed by atoms with van der Waals surface area (Å²) < 4.78 is 11.2. The molecule has 0 unspecified atom stereocenters. The Bertz CT molecular complexity index is 854. The fraction of sp³-hybridized carbons (Fsp3) is 0.333. The molecule has 10 nitrogen and oxygen atoms in total. The number of carbonyl (C=O) groups is 3. The van der Waals surface area contributed by atoms with Crippen molar-refractivity contribution in [2.24, 2.45) is 5.10 Å². The predicted molar refractivity (Wildman–Crippen MR) is 83.1 cm³/mol. The SMILES string of the molecule is CC(=O)NN=c1nc(OC(C)=O)c(CCc2ccco2)nn1C(C)=O. The Kier molecular flexibility index (Phi) is 5.77. The molecule has 0 fully saturated rings. The van der Waals surface area contributed by atoms with Crippen LogP contribution in [0.5, 0.6) is 5.88 Å². The number of nitrogens with one attached hydrogen (secondary N) is 1. The van der Waals surface area contributed by atoms with E-state index in [4.69, 9.17) is 9.15 Å². The average molecular weight is 347 g/mol. The lowest BCUT2D eigenvalue weighted by atomic mass is 10.2. The van der Waals surface area contributed by atoms with Gasteiger partial charge in [0, 0.05) is 33.6 Å². The lowest BCUT2D eigenvalue weighted by Gasteiger charge is -2.09. The molecule has 0 spiro atoms. The van der Waals surface area contributed by atoms with Gasteiger partial charge in [0.2, 0.25) is 17.7 Å². The number of esters is 1. The molecule has 25 heavy (non-hydrogen) atoms. The first kappa shape index (κ1) is 18.0. The zero-order valence-corrected chi connectivity index (χ0v) is 14.0. The molecule has 0 aliphatic heterocycles. The van der Waals surface area contributed by atoms with Crippen LogP contribution < -0.4 is 15.8 Å². The van der Waals surface area contributed by atoms with Gasteiger partial charge in [0.15, 0.2) is 0 Å². The fourth-order valence-corrected chi connectivity index (χ4v) is 1.89. The molecule has 0 aliphatic carbocycles. The summed E-state index contributed by atoms with van der Waals surface area (Å²) in [6.07, 6.45) is 2.33. The van der Waals surface area contributed by atoms with Gasteiger partial charge in [0.25, 0.3) is 5.62 Å². The second-order valence-electron chi connectivity index (χ2n) is 5.05. The molecule has 1 amide bonds. The fourth-order valence-electron chi connectivity index (χ4n) is 1.89. The molecule has 0 radical (unpaired) electrons. The van der Waals surface area contributed by atoms with E-state index < -0.39 is 17.8 Å². The van der Waals surface area contributed by atoms with Crippen molar-refractivity contribution in [2.45, 2.75) is 33.6 Å². The molecule has 2 rings (SSSR count). The van der Waals surface area contributed by atoms with E-state index in [1.54, 1.807) is 18.4 Å². The normalized spacial score (nSPS) is 11.2. The van der Waals surface area contributed by atoms with Gasteiger partial charge in [-0.2, -0.15) is 14.8 Å². The smallest absolute Gasteiger partial charge is 0.309 e. The molecule has 0 saturated carbocycles. The van der Waals surface area contributed by atoms with Crippen molar-refractivity contribution >= 4 is 17.8 Å². The van der Waals surface area contributed by atoms with Crippen molar-refractivity contribution in [1.29, 1.82) is 0 Å². The van der Waals surface area contributed by atoms with Crippen LogP contribution in [0.3, 0.4) is 0 Å². The van der Waals surface area contributed by atoms with E-state index in [0.717, 1.165) is 4.68 Å². The van der Waals surface area contributed by atoms with Crippen molar-refractivity contribution in [3.05, 3.63) is 35.5 Å². The molecular weight excluding hydrogens is 330 g/mol. The predicted octanol–water partition coefficient (Wildman–Crippen LogP) is 0.193. The molecule has 0 aliphatic rings. The zero-order chi connectivity index (χ0) is 18.4. The lowest BCUT2D eigenvalue weighted by molar-refractivity contribution is -0.132. The first-order chi connectivity index (χ1) is 11.9. The highest BCUT2D eigenvalue weighted by atomic mass is 16.5. The van der Waals surface area contributed by atoms with E-state index >= 15 is 0 Å². The summed E-state index contributed by atoms with van der Waals surface area (Å²) in [5, 5.41) is 7.85. The number of amides is 1. The highest BCUT2D eigenvalue weighted by Gasteiger charge is 2.16. The Hall–Kier alpha value is -3.30. The Morgan fingerprint density at radius 3 is 2.60 bits per heavy atom. The number of ether oxygens (including phenoxy) is 1. The van der Waals surface area contributed by atoms with E-state index in [1.807, 2.05) is 0 Å². The molecule has 132 valence electrons. The van der Waals surface area contributed by atoms with E-state index in [1.165, 1.54) is 20.8 Å². The summed E-state index contributed by atoms with van der Waals surface area (Å²) in [5.74, 6) is -0.893. The maximum absolute atomic E-state index is 11.8. The molecule has 0 saturated heterocycles. The Labute approximate surface area is 142 Å². The number of nitrogens with zero attached hydrogens (tertiary/aromatic N) is 4. The van der Waals surface area contributed by atoms with Gasteiger partial charge < -0.3 is 9.15 Å². The zero-order valence-electron chi connectivity index (χ0n) is 14.0. The number of carbonyl (C=O) groups excluding carboxylic acids is 3. The molecule has 1 N–H and O–H groups in total. The van der Waals surface area contributed by atoms with E-state index in [-0.39, 0.29) is 17.2 Å². The van der Waals surface area contributed by atoms with Crippen LogP contribution in [0.2, 0.25) is 0 Å². The summed E-state index contributed by atoms with van der Waals surface area (Å²) in [4.78, 5) is 38.2. The van der Waals surface area contributed by atoms with Gasteiger partial charge in [-0.1, -0.05) is 0 Å². The Balaban J connectivity index is 2.45. The number of hydrogen-bond acceptors (Lipinski definition) is 8. The minimum Gasteiger partial charge on any atom is -0.469 e. The molecule has 0 atom stereocenters. The van der Waals surface area contributed by atoms with Gasteiger partial charge in [-0.25, -0.2) is 5.43 Å². The maximum Gasteiger partial charge on any atom is 0.309 e. The Morgan fingerprint density at radius 1 is 1.28 bits per heavy atom. The van der Waals surface area contributed by atoms with E-state index in [9.17, 15) is 14.4 Å². The first-order valence-corrected chi connectivity index (χ1v) is 7.39. The summed E-state index contributed by atoms with van der Waals surface area (Å²) in [6.45, 7) is 3.73. The topological polar surface area (TPSA) is 129 Å². The highest BCUT2D eigenvalue weighted by Crippen LogP contribution is 2.14. The van der Waals surface area contributed by atoms with Crippen LogP contribution in [0, 0.1) is 0 Å². The van der Waals surface area contributed by atoms with Crippen LogP contribution in [0.1, 0.15) is 37.0 Å². The molecule has 0 aromatic carbocycles. The second-order valence-corrected chi connectivity index (χ2v) is 5.05. The largest absolute Gasteiger partial charge is 0.469 e. The number of hydrogen-bond donors (Lipinski definition) is 1. The molecule has 10 heteroatoms. The Morgan fingerprint density at radius 2 is 2.04 bits per heavy atom. The standard InChI is InChI=1S/C15H17N5O5/c1-9(21)17-18-15-16-14(25-11(3)23)13(19-20(15)10(2)22)7-6-12-5-4-8-24-12/h4-5,8H,6-7H2,1-3H3,(H,17,21). The molecular formula is C15H17N5O5. The number of furan rings is 1. The third kappa shape index (κ3) is 5.09. The minimum absolute atomic E-state index is 0.0827. The van der Waals surface area contributed by atoms with Gasteiger partial charge >= 0.3 is 5.97 Å². The van der Waals surface area contributed by atoms with Gasteiger partial charge in [-0.15, -0.1) is 5.10 Å². The van der Waals surface area contributed by atoms with Crippen molar-refractivity contribution in [3.63, 3.8) is 0 Å². The molecule has 2 aromatic rings. The van der Waals surface area contributed by atoms with Crippen LogP contribution in [0.25, 0.3) is 0 Å². The van der Waals surface area contributed by atoms with Crippen LogP contribution >= 0.6 is 0 Å². The van der Waals surface area contributed by atoms with Gasteiger partial charge in [-0.05, 0) is 12.1 Å². The quantitative estimate of drug-likeness (QED) is 0.604.